The first-order valence-corrected chi connectivity index (χ1v) is 10.1. The molecule has 0 spiro atoms. The van der Waals surface area contributed by atoms with Crippen molar-refractivity contribution < 1.29 is 24.4 Å². The topological polar surface area (TPSA) is 110 Å². The molecule has 8 nitrogen and oxygen atoms in total. The molecule has 1 unspecified atom stereocenters. The first kappa shape index (κ1) is 20.6. The average molecular weight is 422 g/mol. The van der Waals surface area contributed by atoms with Gasteiger partial charge < -0.3 is 14.7 Å². The molecule has 0 aromatic heterocycles. The molecule has 31 heavy (non-hydrogen) atoms. The van der Waals surface area contributed by atoms with Gasteiger partial charge in [0.15, 0.2) is 0 Å². The molecular weight excluding hydrogens is 400 g/mol. The van der Waals surface area contributed by atoms with E-state index in [0.29, 0.717) is 11.3 Å². The summed E-state index contributed by atoms with van der Waals surface area (Å²) in [6, 6.07) is 11.5. The summed E-state index contributed by atoms with van der Waals surface area (Å²) in [5, 5.41) is 22.0. The zero-order valence-electron chi connectivity index (χ0n) is 17.0. The zero-order chi connectivity index (χ0) is 22.1. The van der Waals surface area contributed by atoms with Crippen LogP contribution in [0.15, 0.2) is 54.1 Å². The minimum Gasteiger partial charge on any atom is -0.507 e. The number of benzene rings is 2. The quantitative estimate of drug-likeness (QED) is 0.257. The Morgan fingerprint density at radius 1 is 1.13 bits per heavy atom. The van der Waals surface area contributed by atoms with E-state index in [9.17, 15) is 24.8 Å². The number of nitro groups is 1. The van der Waals surface area contributed by atoms with E-state index in [1.807, 2.05) is 0 Å². The van der Waals surface area contributed by atoms with Crippen LogP contribution in [-0.4, -0.2) is 39.8 Å². The first-order valence-electron chi connectivity index (χ1n) is 10.1. The van der Waals surface area contributed by atoms with Gasteiger partial charge in [0.05, 0.1) is 23.6 Å². The number of rotatable bonds is 5. The molecule has 0 bridgehead atoms. The average Bonchev–Trinajstić information content (AvgIpc) is 3.40. The van der Waals surface area contributed by atoms with Crippen LogP contribution in [0.1, 0.15) is 42.9 Å². The summed E-state index contributed by atoms with van der Waals surface area (Å²) >= 11 is 0. The second kappa shape index (κ2) is 8.22. The molecular formula is C23H22N2O6. The third-order valence-corrected chi connectivity index (χ3v) is 5.96. The molecule has 1 aliphatic heterocycles. The lowest BCUT2D eigenvalue weighted by atomic mass is 9.94. The van der Waals surface area contributed by atoms with Crippen molar-refractivity contribution in [1.29, 1.82) is 0 Å². The smallest absolute Gasteiger partial charge is 0.295 e. The minimum absolute atomic E-state index is 0.0148. The lowest BCUT2D eigenvalue weighted by Gasteiger charge is -2.30. The van der Waals surface area contributed by atoms with Crippen molar-refractivity contribution in [2.75, 3.05) is 7.11 Å². The Balaban J connectivity index is 1.86. The van der Waals surface area contributed by atoms with Crippen molar-refractivity contribution in [3.05, 3.63) is 75.3 Å². The SMILES string of the molecule is COc1cccc(C2/C(=C(/O)c3ccc([N+](=O)[O-])cc3)C(=O)C(=O)N2C2CCCC2)c1. The molecule has 2 aromatic carbocycles. The van der Waals surface area contributed by atoms with Crippen LogP contribution < -0.4 is 4.74 Å². The highest BCUT2D eigenvalue weighted by Crippen LogP contribution is 2.44. The fraction of sp³-hybridized carbons (Fsp3) is 0.304. The van der Waals surface area contributed by atoms with Gasteiger partial charge in [-0.15, -0.1) is 0 Å². The van der Waals surface area contributed by atoms with Gasteiger partial charge >= 0.3 is 0 Å². The summed E-state index contributed by atoms with van der Waals surface area (Å²) in [6.07, 6.45) is 3.54. The van der Waals surface area contributed by atoms with E-state index in [0.717, 1.165) is 25.7 Å². The standard InChI is InChI=1S/C23H22N2O6/c1-31-18-8-4-5-15(13-18)20-19(21(26)14-9-11-17(12-10-14)25(29)30)22(27)23(28)24(20)16-6-2-3-7-16/h4-5,8-13,16,20,26H,2-3,6-7H2,1H3/b21-19-. The summed E-state index contributed by atoms with van der Waals surface area (Å²) in [5.41, 5.74) is 0.753. The Morgan fingerprint density at radius 2 is 1.81 bits per heavy atom. The van der Waals surface area contributed by atoms with Crippen molar-refractivity contribution in [3.8, 4) is 5.75 Å². The predicted molar refractivity (Wildman–Crippen MR) is 112 cm³/mol. The van der Waals surface area contributed by atoms with Crippen LogP contribution in [-0.2, 0) is 9.59 Å². The van der Waals surface area contributed by atoms with Crippen LogP contribution in [0, 0.1) is 10.1 Å². The molecule has 4 rings (SSSR count). The Bertz CT molecular complexity index is 1070. The van der Waals surface area contributed by atoms with E-state index in [2.05, 4.69) is 0 Å². The Hall–Kier alpha value is -3.68. The molecule has 2 fully saturated rings. The molecule has 1 saturated heterocycles. The van der Waals surface area contributed by atoms with Crippen molar-refractivity contribution in [1.82, 2.24) is 4.90 Å². The minimum atomic E-state index is -0.756. The van der Waals surface area contributed by atoms with Gasteiger partial charge in [0.25, 0.3) is 17.4 Å². The number of ether oxygens (including phenoxy) is 1. The van der Waals surface area contributed by atoms with Gasteiger partial charge in [0, 0.05) is 23.7 Å². The number of hydrogen-bond donors (Lipinski definition) is 1. The molecule has 1 atom stereocenters. The highest BCUT2D eigenvalue weighted by atomic mass is 16.6. The van der Waals surface area contributed by atoms with E-state index in [1.165, 1.54) is 31.4 Å². The highest BCUT2D eigenvalue weighted by Gasteiger charge is 2.49. The predicted octanol–water partition coefficient (Wildman–Crippen LogP) is 3.97. The number of hydrogen-bond acceptors (Lipinski definition) is 6. The zero-order valence-corrected chi connectivity index (χ0v) is 17.0. The Morgan fingerprint density at radius 3 is 2.42 bits per heavy atom. The summed E-state index contributed by atoms with van der Waals surface area (Å²) in [4.78, 5) is 38.1. The third-order valence-electron chi connectivity index (χ3n) is 5.96. The van der Waals surface area contributed by atoms with Gasteiger partial charge in [0.1, 0.15) is 11.5 Å². The fourth-order valence-corrected chi connectivity index (χ4v) is 4.44. The van der Waals surface area contributed by atoms with Crippen LogP contribution in [0.2, 0.25) is 0 Å². The number of nitrogens with zero attached hydrogens (tertiary/aromatic N) is 2. The molecule has 2 aliphatic rings. The van der Waals surface area contributed by atoms with Crippen LogP contribution in [0.3, 0.4) is 0 Å². The van der Waals surface area contributed by atoms with E-state index >= 15 is 0 Å². The number of aliphatic hydroxyl groups excluding tert-OH is 1. The van der Waals surface area contributed by atoms with E-state index < -0.39 is 22.7 Å². The molecule has 1 saturated carbocycles. The number of methoxy groups -OCH3 is 1. The molecule has 1 N–H and O–H groups in total. The maximum atomic E-state index is 13.1. The lowest BCUT2D eigenvalue weighted by molar-refractivity contribution is -0.384. The number of ketones is 1. The van der Waals surface area contributed by atoms with Gasteiger partial charge in [-0.05, 0) is 42.7 Å². The van der Waals surface area contributed by atoms with Crippen LogP contribution in [0.4, 0.5) is 5.69 Å². The fourth-order valence-electron chi connectivity index (χ4n) is 4.44. The maximum absolute atomic E-state index is 13.1. The number of amides is 1. The Labute approximate surface area is 178 Å². The van der Waals surface area contributed by atoms with Gasteiger partial charge in [-0.3, -0.25) is 19.7 Å². The van der Waals surface area contributed by atoms with Crippen molar-refractivity contribution in [3.63, 3.8) is 0 Å². The van der Waals surface area contributed by atoms with Crippen molar-refractivity contribution >= 4 is 23.1 Å². The van der Waals surface area contributed by atoms with Crippen LogP contribution in [0.5, 0.6) is 5.75 Å². The number of carbonyl (C=O) groups is 2. The van der Waals surface area contributed by atoms with E-state index in [4.69, 9.17) is 4.74 Å². The van der Waals surface area contributed by atoms with Gasteiger partial charge in [-0.25, -0.2) is 0 Å². The normalized spacial score (nSPS) is 20.9. The second-order valence-corrected chi connectivity index (χ2v) is 7.73. The molecule has 0 radical (unpaired) electrons. The first-order chi connectivity index (χ1) is 14.9. The number of aliphatic hydroxyl groups is 1. The highest BCUT2D eigenvalue weighted by molar-refractivity contribution is 6.46. The summed E-state index contributed by atoms with van der Waals surface area (Å²) in [6.45, 7) is 0. The largest absolute Gasteiger partial charge is 0.507 e. The summed E-state index contributed by atoms with van der Waals surface area (Å²) < 4.78 is 5.31. The second-order valence-electron chi connectivity index (χ2n) is 7.73. The molecule has 160 valence electrons. The molecule has 2 aromatic rings. The maximum Gasteiger partial charge on any atom is 0.295 e. The summed E-state index contributed by atoms with van der Waals surface area (Å²) in [7, 11) is 1.53. The van der Waals surface area contributed by atoms with E-state index in [1.54, 1.807) is 29.2 Å². The molecule has 1 aliphatic carbocycles. The van der Waals surface area contributed by atoms with Gasteiger partial charge in [-0.2, -0.15) is 0 Å². The van der Waals surface area contributed by atoms with E-state index in [-0.39, 0.29) is 28.6 Å². The Kier molecular flexibility index (Phi) is 5.46. The number of nitro benzene ring substituents is 1. The monoisotopic (exact) mass is 422 g/mol. The number of likely N-dealkylation sites (tertiary alicyclic amines) is 1. The van der Waals surface area contributed by atoms with Crippen LogP contribution in [0.25, 0.3) is 5.76 Å². The third kappa shape index (κ3) is 3.65. The van der Waals surface area contributed by atoms with Crippen LogP contribution >= 0.6 is 0 Å². The van der Waals surface area contributed by atoms with Gasteiger partial charge in [-0.1, -0.05) is 25.0 Å². The summed E-state index contributed by atoms with van der Waals surface area (Å²) in [5.74, 6) is -1.16. The van der Waals surface area contributed by atoms with Gasteiger partial charge in [0.2, 0.25) is 0 Å². The molecule has 1 heterocycles. The molecule has 1 amide bonds. The number of carbonyl (C=O) groups excluding carboxylic acids is 2. The lowest BCUT2D eigenvalue weighted by Crippen LogP contribution is -2.37. The van der Waals surface area contributed by atoms with Crippen molar-refractivity contribution in [2.45, 2.75) is 37.8 Å². The van der Waals surface area contributed by atoms with Crippen molar-refractivity contribution in [2.24, 2.45) is 0 Å². The number of Topliss-reactive ketones (excluding diaryl/α,β-unsaturated/α-hetero) is 1. The molecule has 8 heteroatoms. The number of non-ortho nitro benzene ring substituents is 1.